The van der Waals surface area contributed by atoms with E-state index in [1.807, 2.05) is 0 Å². The normalized spacial score (nSPS) is 30.7. The standard InChI is InChI=1S/C7H14N2/c1-2-6-9(8-5-1)7-3-4-7/h7-8H,1-6H2. The van der Waals surface area contributed by atoms with Crippen molar-refractivity contribution < 1.29 is 0 Å². The molecule has 1 N–H and O–H groups in total. The molecule has 0 bridgehead atoms. The highest BCUT2D eigenvalue weighted by atomic mass is 15.5. The van der Waals surface area contributed by atoms with Crippen molar-refractivity contribution in [2.24, 2.45) is 0 Å². The van der Waals surface area contributed by atoms with E-state index in [9.17, 15) is 0 Å². The fourth-order valence-corrected chi connectivity index (χ4v) is 1.41. The van der Waals surface area contributed by atoms with E-state index in [2.05, 4.69) is 10.4 Å². The van der Waals surface area contributed by atoms with E-state index in [1.165, 1.54) is 38.8 Å². The molecule has 1 saturated carbocycles. The van der Waals surface area contributed by atoms with Crippen LogP contribution in [0.3, 0.4) is 0 Å². The number of hydrazine groups is 1. The van der Waals surface area contributed by atoms with Gasteiger partial charge in [0.05, 0.1) is 0 Å². The van der Waals surface area contributed by atoms with E-state index in [0.717, 1.165) is 6.04 Å². The third-order valence-corrected chi connectivity index (χ3v) is 2.13. The third-order valence-electron chi connectivity index (χ3n) is 2.13. The maximum Gasteiger partial charge on any atom is 0.0244 e. The number of hydrogen-bond donors (Lipinski definition) is 1. The summed E-state index contributed by atoms with van der Waals surface area (Å²) in [7, 11) is 0. The van der Waals surface area contributed by atoms with E-state index in [1.54, 1.807) is 0 Å². The van der Waals surface area contributed by atoms with Crippen molar-refractivity contribution in [2.45, 2.75) is 31.7 Å². The minimum absolute atomic E-state index is 0.908. The predicted octanol–water partition coefficient (Wildman–Crippen LogP) is 0.749. The zero-order valence-electron chi connectivity index (χ0n) is 5.77. The van der Waals surface area contributed by atoms with Crippen molar-refractivity contribution in [3.63, 3.8) is 0 Å². The monoisotopic (exact) mass is 126 g/mol. The first-order valence-corrected chi connectivity index (χ1v) is 3.97. The van der Waals surface area contributed by atoms with Gasteiger partial charge in [0, 0.05) is 19.1 Å². The van der Waals surface area contributed by atoms with Gasteiger partial charge in [0.2, 0.25) is 0 Å². The van der Waals surface area contributed by atoms with E-state index < -0.39 is 0 Å². The van der Waals surface area contributed by atoms with Crippen LogP contribution in [0.4, 0.5) is 0 Å². The van der Waals surface area contributed by atoms with Crippen molar-refractivity contribution in [1.82, 2.24) is 10.4 Å². The van der Waals surface area contributed by atoms with Crippen LogP contribution in [0.25, 0.3) is 0 Å². The third kappa shape index (κ3) is 1.25. The summed E-state index contributed by atoms with van der Waals surface area (Å²) in [5.74, 6) is 0. The van der Waals surface area contributed by atoms with E-state index >= 15 is 0 Å². The molecule has 1 aliphatic carbocycles. The summed E-state index contributed by atoms with van der Waals surface area (Å²) in [4.78, 5) is 0. The summed E-state index contributed by atoms with van der Waals surface area (Å²) in [5, 5.41) is 2.42. The molecule has 1 aliphatic heterocycles. The summed E-state index contributed by atoms with van der Waals surface area (Å²) in [6.45, 7) is 2.49. The second kappa shape index (κ2) is 2.27. The lowest BCUT2D eigenvalue weighted by Gasteiger charge is -2.27. The Hall–Kier alpha value is -0.0800. The maximum absolute atomic E-state index is 3.41. The van der Waals surface area contributed by atoms with Crippen molar-refractivity contribution in [2.75, 3.05) is 13.1 Å². The lowest BCUT2D eigenvalue weighted by molar-refractivity contribution is 0.143. The molecule has 2 rings (SSSR count). The smallest absolute Gasteiger partial charge is 0.0244 e. The molecular formula is C7H14N2. The highest BCUT2D eigenvalue weighted by Crippen LogP contribution is 2.26. The molecule has 0 aromatic heterocycles. The Kier molecular flexibility index (Phi) is 1.44. The number of nitrogens with one attached hydrogen (secondary N) is 1. The fraction of sp³-hybridized carbons (Fsp3) is 1.00. The van der Waals surface area contributed by atoms with Crippen LogP contribution in [0.15, 0.2) is 0 Å². The van der Waals surface area contributed by atoms with Crippen molar-refractivity contribution in [3.8, 4) is 0 Å². The van der Waals surface area contributed by atoms with Gasteiger partial charge < -0.3 is 0 Å². The van der Waals surface area contributed by atoms with Crippen LogP contribution in [-0.2, 0) is 0 Å². The Morgan fingerprint density at radius 2 is 2.11 bits per heavy atom. The Morgan fingerprint density at radius 1 is 1.22 bits per heavy atom. The maximum atomic E-state index is 3.41. The summed E-state index contributed by atoms with van der Waals surface area (Å²) >= 11 is 0. The second-order valence-corrected chi connectivity index (χ2v) is 3.04. The van der Waals surface area contributed by atoms with Crippen LogP contribution in [0.5, 0.6) is 0 Å². The Labute approximate surface area is 56.2 Å². The molecule has 1 heterocycles. The van der Waals surface area contributed by atoms with Gasteiger partial charge in [0.15, 0.2) is 0 Å². The molecule has 0 radical (unpaired) electrons. The molecular weight excluding hydrogens is 112 g/mol. The summed E-state index contributed by atoms with van der Waals surface area (Å²) < 4.78 is 0. The summed E-state index contributed by atoms with van der Waals surface area (Å²) in [5.41, 5.74) is 3.41. The molecule has 0 atom stereocenters. The molecule has 2 aliphatic rings. The molecule has 9 heavy (non-hydrogen) atoms. The number of rotatable bonds is 1. The van der Waals surface area contributed by atoms with Gasteiger partial charge in [-0.05, 0) is 25.7 Å². The molecule has 0 unspecified atom stereocenters. The Balaban J connectivity index is 1.80. The zero-order chi connectivity index (χ0) is 6.10. The van der Waals surface area contributed by atoms with Gasteiger partial charge in [-0.1, -0.05) is 0 Å². The predicted molar refractivity (Wildman–Crippen MR) is 37.0 cm³/mol. The van der Waals surface area contributed by atoms with Crippen LogP contribution in [0, 0.1) is 0 Å². The average Bonchev–Trinajstić information content (AvgIpc) is 2.71. The quantitative estimate of drug-likeness (QED) is 0.557. The minimum atomic E-state index is 0.908. The molecule has 0 amide bonds. The van der Waals surface area contributed by atoms with E-state index in [0.29, 0.717) is 0 Å². The zero-order valence-corrected chi connectivity index (χ0v) is 5.77. The van der Waals surface area contributed by atoms with Gasteiger partial charge in [-0.15, -0.1) is 0 Å². The van der Waals surface area contributed by atoms with Crippen LogP contribution < -0.4 is 5.43 Å². The van der Waals surface area contributed by atoms with Crippen molar-refractivity contribution in [1.29, 1.82) is 0 Å². The Morgan fingerprint density at radius 3 is 2.67 bits per heavy atom. The minimum Gasteiger partial charge on any atom is -0.255 e. The van der Waals surface area contributed by atoms with Gasteiger partial charge in [-0.25, -0.2) is 5.01 Å². The molecule has 2 heteroatoms. The first-order chi connectivity index (χ1) is 4.47. The molecule has 2 nitrogen and oxygen atoms in total. The van der Waals surface area contributed by atoms with Crippen LogP contribution in [0.2, 0.25) is 0 Å². The molecule has 0 spiro atoms. The summed E-state index contributed by atoms with van der Waals surface area (Å²) in [6.07, 6.45) is 5.60. The van der Waals surface area contributed by atoms with Crippen molar-refractivity contribution >= 4 is 0 Å². The molecule has 1 saturated heterocycles. The van der Waals surface area contributed by atoms with Gasteiger partial charge in [0.25, 0.3) is 0 Å². The van der Waals surface area contributed by atoms with Crippen LogP contribution >= 0.6 is 0 Å². The topological polar surface area (TPSA) is 15.3 Å². The highest BCUT2D eigenvalue weighted by Gasteiger charge is 2.29. The first-order valence-electron chi connectivity index (χ1n) is 3.97. The lowest BCUT2D eigenvalue weighted by atomic mass is 10.2. The summed E-state index contributed by atoms with van der Waals surface area (Å²) in [6, 6.07) is 0.908. The first kappa shape index (κ1) is 5.69. The molecule has 0 aromatic carbocycles. The van der Waals surface area contributed by atoms with Crippen LogP contribution in [-0.4, -0.2) is 24.1 Å². The number of hydrogen-bond acceptors (Lipinski definition) is 2. The Bertz CT molecular complexity index is 93.1. The second-order valence-electron chi connectivity index (χ2n) is 3.04. The van der Waals surface area contributed by atoms with Gasteiger partial charge in [-0.2, -0.15) is 0 Å². The van der Waals surface area contributed by atoms with Crippen molar-refractivity contribution in [3.05, 3.63) is 0 Å². The fourth-order valence-electron chi connectivity index (χ4n) is 1.41. The van der Waals surface area contributed by atoms with E-state index in [-0.39, 0.29) is 0 Å². The molecule has 2 fully saturated rings. The average molecular weight is 126 g/mol. The SMILES string of the molecule is C1CCN(C2CC2)NC1. The largest absolute Gasteiger partial charge is 0.255 e. The van der Waals surface area contributed by atoms with Gasteiger partial charge >= 0.3 is 0 Å². The molecule has 52 valence electrons. The van der Waals surface area contributed by atoms with Gasteiger partial charge in [0.1, 0.15) is 0 Å². The highest BCUT2D eigenvalue weighted by molar-refractivity contribution is 4.83. The van der Waals surface area contributed by atoms with Gasteiger partial charge in [-0.3, -0.25) is 5.43 Å². The van der Waals surface area contributed by atoms with Crippen LogP contribution in [0.1, 0.15) is 25.7 Å². The number of nitrogens with zero attached hydrogens (tertiary/aromatic N) is 1. The molecule has 0 aromatic rings. The lowest BCUT2D eigenvalue weighted by Crippen LogP contribution is -2.44. The van der Waals surface area contributed by atoms with E-state index in [4.69, 9.17) is 0 Å².